The molecule has 0 amide bonds. The molecule has 1 fully saturated rings. The van der Waals surface area contributed by atoms with Gasteiger partial charge in [-0.25, -0.2) is 0 Å². The van der Waals surface area contributed by atoms with Gasteiger partial charge in [-0.3, -0.25) is 0 Å². The van der Waals surface area contributed by atoms with Crippen LogP contribution in [0.25, 0.3) is 0 Å². The lowest BCUT2D eigenvalue weighted by atomic mass is 9.84. The number of benzene rings is 1. The average Bonchev–Trinajstić information content (AvgIpc) is 2.37. The molecule has 3 nitrogen and oxygen atoms in total. The number of piperazine rings is 1. The van der Waals surface area contributed by atoms with E-state index >= 15 is 0 Å². The Morgan fingerprint density at radius 2 is 1.79 bits per heavy atom. The first-order valence-electron chi connectivity index (χ1n) is 7.08. The molecule has 1 saturated heterocycles. The summed E-state index contributed by atoms with van der Waals surface area (Å²) >= 11 is 0. The molecule has 2 rings (SSSR count). The first-order valence-corrected chi connectivity index (χ1v) is 7.08. The number of nitrogens with zero attached hydrogens (tertiary/aromatic N) is 1. The summed E-state index contributed by atoms with van der Waals surface area (Å²) in [6.07, 6.45) is 0. The third-order valence-corrected chi connectivity index (χ3v) is 3.68. The van der Waals surface area contributed by atoms with Crippen LogP contribution in [-0.4, -0.2) is 33.3 Å². The van der Waals surface area contributed by atoms with Crippen molar-refractivity contribution in [3.8, 4) is 5.75 Å². The molecule has 0 spiro atoms. The SMILES string of the molecule is COc1c(N2CCNCC2)cc(C)cc1C(C)(C)C. The summed E-state index contributed by atoms with van der Waals surface area (Å²) in [4.78, 5) is 2.43. The van der Waals surface area contributed by atoms with Crippen LogP contribution in [0.2, 0.25) is 0 Å². The average molecular weight is 262 g/mol. The molecule has 106 valence electrons. The topological polar surface area (TPSA) is 24.5 Å². The van der Waals surface area contributed by atoms with Crippen LogP contribution in [0.4, 0.5) is 5.69 Å². The lowest BCUT2D eigenvalue weighted by Crippen LogP contribution is -2.43. The highest BCUT2D eigenvalue weighted by Gasteiger charge is 2.24. The fraction of sp³-hybridized carbons (Fsp3) is 0.625. The normalized spacial score (nSPS) is 16.6. The first-order chi connectivity index (χ1) is 8.93. The summed E-state index contributed by atoms with van der Waals surface area (Å²) in [5, 5.41) is 3.40. The van der Waals surface area contributed by atoms with Gasteiger partial charge in [0, 0.05) is 31.7 Å². The predicted molar refractivity (Wildman–Crippen MR) is 81.5 cm³/mol. The van der Waals surface area contributed by atoms with E-state index in [1.165, 1.54) is 16.8 Å². The minimum absolute atomic E-state index is 0.0974. The van der Waals surface area contributed by atoms with Crippen LogP contribution < -0.4 is 15.0 Å². The van der Waals surface area contributed by atoms with Gasteiger partial charge in [0.2, 0.25) is 0 Å². The Morgan fingerprint density at radius 1 is 1.16 bits per heavy atom. The van der Waals surface area contributed by atoms with Gasteiger partial charge < -0.3 is 15.0 Å². The molecule has 1 aromatic carbocycles. The third-order valence-electron chi connectivity index (χ3n) is 3.68. The molecule has 1 aromatic rings. The van der Waals surface area contributed by atoms with Gasteiger partial charge in [0.1, 0.15) is 5.75 Å². The van der Waals surface area contributed by atoms with Gasteiger partial charge in [-0.1, -0.05) is 26.8 Å². The maximum Gasteiger partial charge on any atom is 0.145 e. The fourth-order valence-electron chi connectivity index (χ4n) is 2.67. The van der Waals surface area contributed by atoms with Gasteiger partial charge in [0.25, 0.3) is 0 Å². The van der Waals surface area contributed by atoms with E-state index in [1.807, 2.05) is 0 Å². The summed E-state index contributed by atoms with van der Waals surface area (Å²) in [5.74, 6) is 1.04. The number of hydrogen-bond acceptors (Lipinski definition) is 3. The minimum Gasteiger partial charge on any atom is -0.494 e. The van der Waals surface area contributed by atoms with E-state index in [4.69, 9.17) is 4.74 Å². The zero-order valence-electron chi connectivity index (χ0n) is 12.8. The molecular weight excluding hydrogens is 236 g/mol. The Balaban J connectivity index is 2.50. The standard InChI is InChI=1S/C16H26N2O/c1-12-10-13(16(2,3)4)15(19-5)14(11-12)18-8-6-17-7-9-18/h10-11,17H,6-9H2,1-5H3. The highest BCUT2D eigenvalue weighted by atomic mass is 16.5. The Morgan fingerprint density at radius 3 is 2.32 bits per heavy atom. The minimum atomic E-state index is 0.0974. The summed E-state index contributed by atoms with van der Waals surface area (Å²) in [7, 11) is 1.78. The summed E-state index contributed by atoms with van der Waals surface area (Å²) in [6, 6.07) is 4.50. The molecule has 0 atom stereocenters. The van der Waals surface area contributed by atoms with E-state index in [0.717, 1.165) is 31.9 Å². The van der Waals surface area contributed by atoms with Crippen LogP contribution in [0, 0.1) is 6.92 Å². The predicted octanol–water partition coefficient (Wildman–Crippen LogP) is 2.71. The summed E-state index contributed by atoms with van der Waals surface area (Å²) in [6.45, 7) is 13.1. The van der Waals surface area contributed by atoms with Crippen molar-refractivity contribution in [2.45, 2.75) is 33.1 Å². The van der Waals surface area contributed by atoms with Crippen LogP contribution in [0.3, 0.4) is 0 Å². The third kappa shape index (κ3) is 3.03. The van der Waals surface area contributed by atoms with E-state index in [2.05, 4.69) is 50.0 Å². The lowest BCUT2D eigenvalue weighted by molar-refractivity contribution is 0.396. The number of aryl methyl sites for hydroxylation is 1. The van der Waals surface area contributed by atoms with Gasteiger partial charge >= 0.3 is 0 Å². The number of nitrogens with one attached hydrogen (secondary N) is 1. The van der Waals surface area contributed by atoms with E-state index < -0.39 is 0 Å². The van der Waals surface area contributed by atoms with Crippen LogP contribution >= 0.6 is 0 Å². The maximum absolute atomic E-state index is 5.75. The molecule has 1 heterocycles. The second-order valence-corrected chi connectivity index (χ2v) is 6.35. The van der Waals surface area contributed by atoms with Gasteiger partial charge in [0.05, 0.1) is 12.8 Å². The van der Waals surface area contributed by atoms with Crippen molar-refractivity contribution in [1.29, 1.82) is 0 Å². The van der Waals surface area contributed by atoms with Crippen molar-refractivity contribution in [2.24, 2.45) is 0 Å². The molecule has 0 bridgehead atoms. The molecule has 1 N–H and O–H groups in total. The number of hydrogen-bond donors (Lipinski definition) is 1. The zero-order chi connectivity index (χ0) is 14.0. The first kappa shape index (κ1) is 14.2. The summed E-state index contributed by atoms with van der Waals surface area (Å²) in [5.41, 5.74) is 3.94. The summed E-state index contributed by atoms with van der Waals surface area (Å²) < 4.78 is 5.75. The largest absolute Gasteiger partial charge is 0.494 e. The van der Waals surface area contributed by atoms with Crippen molar-refractivity contribution >= 4 is 5.69 Å². The number of rotatable bonds is 2. The van der Waals surface area contributed by atoms with Crippen molar-refractivity contribution in [1.82, 2.24) is 5.32 Å². The van der Waals surface area contributed by atoms with Crippen molar-refractivity contribution in [3.63, 3.8) is 0 Å². The highest BCUT2D eigenvalue weighted by molar-refractivity contribution is 5.65. The molecule has 19 heavy (non-hydrogen) atoms. The molecular formula is C16H26N2O. The Bertz CT molecular complexity index is 443. The van der Waals surface area contributed by atoms with E-state index in [9.17, 15) is 0 Å². The van der Waals surface area contributed by atoms with Crippen molar-refractivity contribution in [3.05, 3.63) is 23.3 Å². The van der Waals surface area contributed by atoms with Crippen molar-refractivity contribution in [2.75, 3.05) is 38.2 Å². The molecule has 0 aliphatic carbocycles. The van der Waals surface area contributed by atoms with E-state index in [0.29, 0.717) is 0 Å². The lowest BCUT2D eigenvalue weighted by Gasteiger charge is -2.33. The number of anilines is 1. The van der Waals surface area contributed by atoms with Gasteiger partial charge in [0.15, 0.2) is 0 Å². The van der Waals surface area contributed by atoms with E-state index in [-0.39, 0.29) is 5.41 Å². The van der Waals surface area contributed by atoms with Crippen LogP contribution in [0.5, 0.6) is 5.75 Å². The zero-order valence-corrected chi connectivity index (χ0v) is 12.8. The Labute approximate surface area is 116 Å². The number of ether oxygens (including phenoxy) is 1. The monoisotopic (exact) mass is 262 g/mol. The second kappa shape index (κ2) is 5.41. The quantitative estimate of drug-likeness (QED) is 0.887. The van der Waals surface area contributed by atoms with Crippen LogP contribution in [-0.2, 0) is 5.41 Å². The number of methoxy groups -OCH3 is 1. The highest BCUT2D eigenvalue weighted by Crippen LogP contribution is 2.39. The molecule has 3 heteroatoms. The van der Waals surface area contributed by atoms with Crippen molar-refractivity contribution < 1.29 is 4.74 Å². The van der Waals surface area contributed by atoms with Gasteiger partial charge in [-0.15, -0.1) is 0 Å². The molecule has 1 aliphatic rings. The molecule has 0 unspecified atom stereocenters. The van der Waals surface area contributed by atoms with Crippen LogP contribution in [0.15, 0.2) is 12.1 Å². The van der Waals surface area contributed by atoms with Crippen LogP contribution in [0.1, 0.15) is 31.9 Å². The van der Waals surface area contributed by atoms with Gasteiger partial charge in [-0.05, 0) is 24.0 Å². The molecule has 0 aromatic heterocycles. The fourth-order valence-corrected chi connectivity index (χ4v) is 2.67. The van der Waals surface area contributed by atoms with Gasteiger partial charge in [-0.2, -0.15) is 0 Å². The smallest absolute Gasteiger partial charge is 0.145 e. The second-order valence-electron chi connectivity index (χ2n) is 6.35. The van der Waals surface area contributed by atoms with E-state index in [1.54, 1.807) is 7.11 Å². The molecule has 1 aliphatic heterocycles. The Hall–Kier alpha value is -1.22. The Kier molecular flexibility index (Phi) is 4.04. The molecule has 0 radical (unpaired) electrons. The maximum atomic E-state index is 5.75. The molecule has 0 saturated carbocycles.